The number of nitrogens with zero attached hydrogens (tertiary/aromatic N) is 1. The number of rotatable bonds is 6. The van der Waals surface area contributed by atoms with Crippen molar-refractivity contribution >= 4 is 34.0 Å². The van der Waals surface area contributed by atoms with Crippen LogP contribution in [0.5, 0.6) is 5.75 Å². The number of hydrogen-bond donors (Lipinski definition) is 1. The summed E-state index contributed by atoms with van der Waals surface area (Å²) in [7, 11) is 0. The van der Waals surface area contributed by atoms with Gasteiger partial charge in [0.2, 0.25) is 5.91 Å². The molecule has 2 aromatic rings. The molecular weight excluding hydrogens is 304 g/mol. The molecule has 0 aliphatic carbocycles. The van der Waals surface area contributed by atoms with Crippen LogP contribution in [0.1, 0.15) is 11.8 Å². The van der Waals surface area contributed by atoms with Crippen LogP contribution in [-0.4, -0.2) is 17.4 Å². The Morgan fingerprint density at radius 1 is 1.41 bits per heavy atom. The van der Waals surface area contributed by atoms with Gasteiger partial charge in [0, 0.05) is 28.8 Å². The van der Waals surface area contributed by atoms with Gasteiger partial charge in [-0.3, -0.25) is 14.9 Å². The number of carbonyl (C=O) groups is 1. The molecule has 114 valence electrons. The summed E-state index contributed by atoms with van der Waals surface area (Å²) in [5.74, 6) is 0.364. The maximum absolute atomic E-state index is 11.8. The van der Waals surface area contributed by atoms with Crippen molar-refractivity contribution < 1.29 is 14.5 Å². The van der Waals surface area contributed by atoms with Crippen LogP contribution in [0.25, 0.3) is 6.08 Å². The number of benzene rings is 1. The number of carbonyl (C=O) groups excluding carboxylic acids is 1. The van der Waals surface area contributed by atoms with Crippen molar-refractivity contribution in [3.05, 3.63) is 57.5 Å². The molecule has 0 bridgehead atoms. The Labute approximate surface area is 131 Å². The van der Waals surface area contributed by atoms with Gasteiger partial charge in [-0.25, -0.2) is 0 Å². The van der Waals surface area contributed by atoms with Crippen LogP contribution in [-0.2, 0) is 4.79 Å². The lowest BCUT2D eigenvalue weighted by Gasteiger charge is -2.06. The summed E-state index contributed by atoms with van der Waals surface area (Å²) in [5, 5.41) is 13.3. The Bertz CT molecular complexity index is 709. The van der Waals surface area contributed by atoms with E-state index in [2.05, 4.69) is 5.32 Å². The number of nitrogens with one attached hydrogen (secondary N) is 1. The van der Waals surface area contributed by atoms with Gasteiger partial charge in [-0.15, -0.1) is 0 Å². The highest BCUT2D eigenvalue weighted by Crippen LogP contribution is 2.25. The highest BCUT2D eigenvalue weighted by molar-refractivity contribution is 7.16. The molecule has 22 heavy (non-hydrogen) atoms. The standard InChI is InChI=1S/C15H14N2O4S/c1-2-21-12-5-3-4-11(10-12)16-14(18)8-6-13-7-9-15(22-13)17(19)20/h3-10H,2H2,1H3,(H,16,18)/b8-6+. The van der Waals surface area contributed by atoms with E-state index >= 15 is 0 Å². The zero-order valence-corrected chi connectivity index (χ0v) is 12.6. The van der Waals surface area contributed by atoms with E-state index in [9.17, 15) is 14.9 Å². The zero-order valence-electron chi connectivity index (χ0n) is 11.8. The minimum absolute atomic E-state index is 0.0458. The Balaban J connectivity index is 1.98. The van der Waals surface area contributed by atoms with E-state index in [0.29, 0.717) is 22.9 Å². The second kappa shape index (κ2) is 7.37. The van der Waals surface area contributed by atoms with Crippen LogP contribution < -0.4 is 10.1 Å². The molecule has 7 heteroatoms. The smallest absolute Gasteiger partial charge is 0.324 e. The maximum atomic E-state index is 11.8. The van der Waals surface area contributed by atoms with Gasteiger partial charge in [0.25, 0.3) is 0 Å². The van der Waals surface area contributed by atoms with Crippen molar-refractivity contribution in [1.82, 2.24) is 0 Å². The molecule has 1 heterocycles. The van der Waals surface area contributed by atoms with Gasteiger partial charge in [0.15, 0.2) is 0 Å². The largest absolute Gasteiger partial charge is 0.494 e. The lowest BCUT2D eigenvalue weighted by Crippen LogP contribution is -2.07. The fraction of sp³-hybridized carbons (Fsp3) is 0.133. The van der Waals surface area contributed by atoms with Gasteiger partial charge in [-0.1, -0.05) is 17.4 Å². The van der Waals surface area contributed by atoms with E-state index in [1.807, 2.05) is 6.92 Å². The van der Waals surface area contributed by atoms with E-state index in [1.54, 1.807) is 36.4 Å². The molecule has 0 fully saturated rings. The first-order valence-corrected chi connectivity index (χ1v) is 7.36. The third kappa shape index (κ3) is 4.42. The number of nitro groups is 1. The zero-order chi connectivity index (χ0) is 15.9. The van der Waals surface area contributed by atoms with Crippen LogP contribution >= 0.6 is 11.3 Å². The average molecular weight is 318 g/mol. The SMILES string of the molecule is CCOc1cccc(NC(=O)/C=C/c2ccc([N+](=O)[O-])s2)c1. The number of hydrogen-bond acceptors (Lipinski definition) is 5. The fourth-order valence-electron chi connectivity index (χ4n) is 1.70. The van der Waals surface area contributed by atoms with Crippen LogP contribution in [0.4, 0.5) is 10.7 Å². The van der Waals surface area contributed by atoms with Gasteiger partial charge in [-0.05, 0) is 31.2 Å². The van der Waals surface area contributed by atoms with E-state index in [1.165, 1.54) is 12.1 Å². The molecular formula is C15H14N2O4S. The number of anilines is 1. The molecule has 6 nitrogen and oxygen atoms in total. The van der Waals surface area contributed by atoms with Gasteiger partial charge in [0.1, 0.15) is 5.75 Å². The van der Waals surface area contributed by atoms with Crippen LogP contribution in [0.15, 0.2) is 42.5 Å². The maximum Gasteiger partial charge on any atom is 0.324 e. The first-order valence-electron chi connectivity index (χ1n) is 6.54. The normalized spacial score (nSPS) is 10.6. The highest BCUT2D eigenvalue weighted by Gasteiger charge is 2.08. The third-order valence-corrected chi connectivity index (χ3v) is 3.61. The molecule has 0 unspecified atom stereocenters. The topological polar surface area (TPSA) is 81.5 Å². The van der Waals surface area contributed by atoms with Crippen molar-refractivity contribution in [3.8, 4) is 5.75 Å². The lowest BCUT2D eigenvalue weighted by atomic mass is 10.3. The van der Waals surface area contributed by atoms with Gasteiger partial charge in [0.05, 0.1) is 11.5 Å². The van der Waals surface area contributed by atoms with E-state index < -0.39 is 4.92 Å². The highest BCUT2D eigenvalue weighted by atomic mass is 32.1. The van der Waals surface area contributed by atoms with Crippen molar-refractivity contribution in [1.29, 1.82) is 0 Å². The Kier molecular flexibility index (Phi) is 5.26. The summed E-state index contributed by atoms with van der Waals surface area (Å²) in [4.78, 5) is 22.6. The predicted molar refractivity (Wildman–Crippen MR) is 86.2 cm³/mol. The van der Waals surface area contributed by atoms with Crippen molar-refractivity contribution in [3.63, 3.8) is 0 Å². The quantitative estimate of drug-likeness (QED) is 0.500. The molecule has 0 spiro atoms. The van der Waals surface area contributed by atoms with E-state index in [0.717, 1.165) is 11.3 Å². The first kappa shape index (κ1) is 15.7. The van der Waals surface area contributed by atoms with Crippen LogP contribution in [0.2, 0.25) is 0 Å². The second-order valence-electron chi connectivity index (χ2n) is 4.22. The summed E-state index contributed by atoms with van der Waals surface area (Å²) in [6, 6.07) is 10.1. The van der Waals surface area contributed by atoms with Gasteiger partial charge < -0.3 is 10.1 Å². The Morgan fingerprint density at radius 2 is 2.23 bits per heavy atom. The summed E-state index contributed by atoms with van der Waals surface area (Å²) in [6.45, 7) is 2.43. The Hall–Kier alpha value is -2.67. The summed E-state index contributed by atoms with van der Waals surface area (Å²) < 4.78 is 5.35. The second-order valence-corrected chi connectivity index (χ2v) is 5.31. The monoisotopic (exact) mass is 318 g/mol. The molecule has 1 aromatic heterocycles. The minimum Gasteiger partial charge on any atom is -0.494 e. The molecule has 0 atom stereocenters. The Morgan fingerprint density at radius 3 is 2.91 bits per heavy atom. The molecule has 0 aliphatic rings. The summed E-state index contributed by atoms with van der Waals surface area (Å²) in [5.41, 5.74) is 0.623. The predicted octanol–water partition coefficient (Wildman–Crippen LogP) is 3.71. The van der Waals surface area contributed by atoms with Crippen molar-refractivity contribution in [2.24, 2.45) is 0 Å². The van der Waals surface area contributed by atoms with Gasteiger partial charge in [-0.2, -0.15) is 0 Å². The van der Waals surface area contributed by atoms with E-state index in [4.69, 9.17) is 4.74 Å². The molecule has 2 rings (SSSR count). The molecule has 0 aliphatic heterocycles. The van der Waals surface area contributed by atoms with Crippen molar-refractivity contribution in [2.45, 2.75) is 6.92 Å². The lowest BCUT2D eigenvalue weighted by molar-refractivity contribution is -0.380. The summed E-state index contributed by atoms with van der Waals surface area (Å²) >= 11 is 1.01. The van der Waals surface area contributed by atoms with Crippen LogP contribution in [0.3, 0.4) is 0 Å². The molecule has 1 aromatic carbocycles. The third-order valence-electron chi connectivity index (χ3n) is 2.60. The number of amides is 1. The van der Waals surface area contributed by atoms with Crippen molar-refractivity contribution in [2.75, 3.05) is 11.9 Å². The minimum atomic E-state index is -0.457. The molecule has 1 amide bonds. The van der Waals surface area contributed by atoms with Gasteiger partial charge >= 0.3 is 5.00 Å². The number of thiophene rings is 1. The molecule has 0 radical (unpaired) electrons. The average Bonchev–Trinajstić information content (AvgIpc) is 2.95. The molecule has 0 saturated carbocycles. The summed E-state index contributed by atoms with van der Waals surface area (Å²) in [6.07, 6.45) is 2.88. The molecule has 1 N–H and O–H groups in total. The fourth-order valence-corrected chi connectivity index (χ4v) is 2.43. The van der Waals surface area contributed by atoms with Crippen LogP contribution in [0, 0.1) is 10.1 Å². The first-order chi connectivity index (χ1) is 10.6. The van der Waals surface area contributed by atoms with E-state index in [-0.39, 0.29) is 10.9 Å². The molecule has 0 saturated heterocycles. The number of ether oxygens (including phenoxy) is 1.